The van der Waals surface area contributed by atoms with E-state index < -0.39 is 0 Å². The van der Waals surface area contributed by atoms with Crippen LogP contribution in [-0.4, -0.2) is 9.97 Å². The number of nitrogens with two attached hydrogens (primary N) is 1. The van der Waals surface area contributed by atoms with E-state index in [-0.39, 0.29) is 0 Å². The van der Waals surface area contributed by atoms with Crippen LogP contribution in [-0.2, 0) is 13.0 Å². The van der Waals surface area contributed by atoms with E-state index in [2.05, 4.69) is 50.3 Å². The van der Waals surface area contributed by atoms with Crippen molar-refractivity contribution in [2.75, 3.05) is 11.1 Å². The Bertz CT molecular complexity index is 540. The minimum Gasteiger partial charge on any atom is -0.384 e. The van der Waals surface area contributed by atoms with Gasteiger partial charge in [0, 0.05) is 23.5 Å². The van der Waals surface area contributed by atoms with Crippen molar-refractivity contribution >= 4 is 27.6 Å². The Morgan fingerprint density at radius 2 is 1.95 bits per heavy atom. The highest BCUT2D eigenvalue weighted by Crippen LogP contribution is 2.13. The second kappa shape index (κ2) is 6.52. The van der Waals surface area contributed by atoms with E-state index >= 15 is 0 Å². The quantitative estimate of drug-likeness (QED) is 0.886. The standard InChI is InChI=1S/C14H17BrN4/c1-2-3-13-18-12(16)8-14(19-13)17-9-10-4-6-11(15)7-5-10/h4-8H,2-3,9H2,1H3,(H3,16,17,18,19). The van der Waals surface area contributed by atoms with Gasteiger partial charge in [-0.15, -0.1) is 0 Å². The average molecular weight is 321 g/mol. The van der Waals surface area contributed by atoms with Crippen LogP contribution in [0.3, 0.4) is 0 Å². The Kier molecular flexibility index (Phi) is 4.74. The third kappa shape index (κ3) is 4.21. The Morgan fingerprint density at radius 3 is 2.63 bits per heavy atom. The molecule has 1 aromatic carbocycles. The fraction of sp³-hybridized carbons (Fsp3) is 0.286. The molecule has 1 aromatic heterocycles. The predicted octanol–water partition coefficient (Wildman–Crippen LogP) is 3.39. The van der Waals surface area contributed by atoms with Crippen LogP contribution in [0.5, 0.6) is 0 Å². The number of rotatable bonds is 5. The topological polar surface area (TPSA) is 63.8 Å². The lowest BCUT2D eigenvalue weighted by molar-refractivity contribution is 0.836. The summed E-state index contributed by atoms with van der Waals surface area (Å²) in [4.78, 5) is 8.66. The summed E-state index contributed by atoms with van der Waals surface area (Å²) in [7, 11) is 0. The number of anilines is 2. The lowest BCUT2D eigenvalue weighted by Gasteiger charge is -2.08. The summed E-state index contributed by atoms with van der Waals surface area (Å²) in [5.41, 5.74) is 6.97. The number of nitrogens with one attached hydrogen (secondary N) is 1. The number of nitrogens with zero attached hydrogens (tertiary/aromatic N) is 2. The van der Waals surface area contributed by atoms with Crippen LogP contribution in [0.2, 0.25) is 0 Å². The molecular formula is C14H17BrN4. The molecular weight excluding hydrogens is 304 g/mol. The number of hydrogen-bond donors (Lipinski definition) is 2. The molecule has 19 heavy (non-hydrogen) atoms. The van der Waals surface area contributed by atoms with Crippen LogP contribution in [0.25, 0.3) is 0 Å². The number of benzene rings is 1. The lowest BCUT2D eigenvalue weighted by Crippen LogP contribution is -2.06. The van der Waals surface area contributed by atoms with Crippen molar-refractivity contribution in [1.29, 1.82) is 0 Å². The second-order valence-corrected chi connectivity index (χ2v) is 5.24. The van der Waals surface area contributed by atoms with Gasteiger partial charge in [0.2, 0.25) is 0 Å². The van der Waals surface area contributed by atoms with Crippen molar-refractivity contribution in [3.8, 4) is 0 Å². The molecule has 5 heteroatoms. The van der Waals surface area contributed by atoms with Crippen molar-refractivity contribution in [3.05, 3.63) is 46.2 Å². The molecule has 0 spiro atoms. The van der Waals surface area contributed by atoms with Crippen molar-refractivity contribution in [2.45, 2.75) is 26.3 Å². The van der Waals surface area contributed by atoms with Gasteiger partial charge in [-0.2, -0.15) is 0 Å². The predicted molar refractivity (Wildman–Crippen MR) is 81.9 cm³/mol. The minimum atomic E-state index is 0.511. The van der Waals surface area contributed by atoms with Crippen LogP contribution in [0.15, 0.2) is 34.8 Å². The summed E-state index contributed by atoms with van der Waals surface area (Å²) in [5, 5.41) is 3.27. The normalized spacial score (nSPS) is 10.4. The molecule has 2 aromatic rings. The van der Waals surface area contributed by atoms with E-state index in [1.807, 2.05) is 12.1 Å². The van der Waals surface area contributed by atoms with Crippen LogP contribution >= 0.6 is 15.9 Å². The molecule has 1 heterocycles. The maximum absolute atomic E-state index is 5.78. The van der Waals surface area contributed by atoms with Gasteiger partial charge in [-0.05, 0) is 24.1 Å². The van der Waals surface area contributed by atoms with Crippen LogP contribution < -0.4 is 11.1 Å². The number of halogens is 1. The zero-order valence-electron chi connectivity index (χ0n) is 10.9. The summed E-state index contributed by atoms with van der Waals surface area (Å²) >= 11 is 3.42. The second-order valence-electron chi connectivity index (χ2n) is 4.32. The van der Waals surface area contributed by atoms with Crippen molar-refractivity contribution in [3.63, 3.8) is 0 Å². The summed E-state index contributed by atoms with van der Waals surface area (Å²) in [6.45, 7) is 2.82. The molecule has 0 bridgehead atoms. The van der Waals surface area contributed by atoms with E-state index in [9.17, 15) is 0 Å². The summed E-state index contributed by atoms with van der Waals surface area (Å²) in [6, 6.07) is 9.93. The highest BCUT2D eigenvalue weighted by atomic mass is 79.9. The van der Waals surface area contributed by atoms with E-state index in [0.29, 0.717) is 5.82 Å². The molecule has 2 rings (SSSR count). The highest BCUT2D eigenvalue weighted by molar-refractivity contribution is 9.10. The molecule has 0 unspecified atom stereocenters. The fourth-order valence-electron chi connectivity index (χ4n) is 1.74. The number of hydrogen-bond acceptors (Lipinski definition) is 4. The molecule has 3 N–H and O–H groups in total. The molecule has 0 fully saturated rings. The summed E-state index contributed by atoms with van der Waals surface area (Å²) in [5.74, 6) is 2.08. The fourth-order valence-corrected chi connectivity index (χ4v) is 2.00. The molecule has 0 atom stereocenters. The first-order chi connectivity index (χ1) is 9.17. The van der Waals surface area contributed by atoms with Gasteiger partial charge in [-0.1, -0.05) is 35.0 Å². The molecule has 0 radical (unpaired) electrons. The monoisotopic (exact) mass is 320 g/mol. The first-order valence-corrected chi connectivity index (χ1v) is 7.08. The van der Waals surface area contributed by atoms with Crippen molar-refractivity contribution in [1.82, 2.24) is 9.97 Å². The van der Waals surface area contributed by atoms with Gasteiger partial charge in [-0.3, -0.25) is 0 Å². The van der Waals surface area contributed by atoms with Crippen molar-refractivity contribution < 1.29 is 0 Å². The van der Waals surface area contributed by atoms with Crippen LogP contribution in [0.4, 0.5) is 11.6 Å². The SMILES string of the molecule is CCCc1nc(N)cc(NCc2ccc(Br)cc2)n1. The van der Waals surface area contributed by atoms with E-state index in [1.165, 1.54) is 5.56 Å². The third-order valence-corrected chi connectivity index (χ3v) is 3.18. The molecule has 0 aliphatic heterocycles. The first kappa shape index (κ1) is 13.8. The Labute approximate surface area is 121 Å². The van der Waals surface area contributed by atoms with Crippen LogP contribution in [0.1, 0.15) is 24.7 Å². The molecule has 0 saturated heterocycles. The molecule has 0 aliphatic carbocycles. The Morgan fingerprint density at radius 1 is 1.21 bits per heavy atom. The van der Waals surface area contributed by atoms with Gasteiger partial charge in [0.25, 0.3) is 0 Å². The molecule has 4 nitrogen and oxygen atoms in total. The van der Waals surface area contributed by atoms with E-state index in [0.717, 1.165) is 35.5 Å². The van der Waals surface area contributed by atoms with Crippen LogP contribution in [0, 0.1) is 0 Å². The van der Waals surface area contributed by atoms with E-state index in [4.69, 9.17) is 5.73 Å². The molecule has 0 aliphatic rings. The average Bonchev–Trinajstić information content (AvgIpc) is 2.38. The number of aryl methyl sites for hydroxylation is 1. The van der Waals surface area contributed by atoms with E-state index in [1.54, 1.807) is 6.07 Å². The van der Waals surface area contributed by atoms with Gasteiger partial charge in [0.05, 0.1) is 0 Å². The van der Waals surface area contributed by atoms with Gasteiger partial charge in [0.1, 0.15) is 17.5 Å². The van der Waals surface area contributed by atoms with Crippen molar-refractivity contribution in [2.24, 2.45) is 0 Å². The number of nitrogen functional groups attached to an aromatic ring is 1. The van der Waals surface area contributed by atoms with Gasteiger partial charge in [0.15, 0.2) is 0 Å². The molecule has 0 amide bonds. The minimum absolute atomic E-state index is 0.511. The third-order valence-electron chi connectivity index (χ3n) is 2.65. The summed E-state index contributed by atoms with van der Waals surface area (Å²) in [6.07, 6.45) is 1.85. The highest BCUT2D eigenvalue weighted by Gasteiger charge is 2.02. The largest absolute Gasteiger partial charge is 0.384 e. The maximum Gasteiger partial charge on any atom is 0.133 e. The zero-order valence-corrected chi connectivity index (χ0v) is 12.4. The molecule has 100 valence electrons. The lowest BCUT2D eigenvalue weighted by atomic mass is 10.2. The molecule has 0 saturated carbocycles. The van der Waals surface area contributed by atoms with Gasteiger partial charge >= 0.3 is 0 Å². The van der Waals surface area contributed by atoms with Gasteiger partial charge < -0.3 is 11.1 Å². The Balaban J connectivity index is 2.04. The first-order valence-electron chi connectivity index (χ1n) is 6.29. The Hall–Kier alpha value is -1.62. The zero-order chi connectivity index (χ0) is 13.7. The summed E-state index contributed by atoms with van der Waals surface area (Å²) < 4.78 is 1.08. The smallest absolute Gasteiger partial charge is 0.133 e. The number of aromatic nitrogens is 2. The maximum atomic E-state index is 5.78. The van der Waals surface area contributed by atoms with Gasteiger partial charge in [-0.25, -0.2) is 9.97 Å².